The van der Waals surface area contributed by atoms with Crippen LogP contribution in [-0.4, -0.2) is 5.11 Å². The lowest BCUT2D eigenvalue weighted by molar-refractivity contribution is 0.220. The molecule has 0 fully saturated rings. The molecule has 1 heterocycles. The number of hydrogen-bond donors (Lipinski definition) is 1. The molecule has 1 nitrogen and oxygen atoms in total. The van der Waals surface area contributed by atoms with Crippen molar-refractivity contribution in [2.45, 2.75) is 20.0 Å². The number of benzene rings is 1. The molecule has 5 heteroatoms. The Morgan fingerprint density at radius 1 is 1.11 bits per heavy atom. The number of thiophene rings is 1. The minimum Gasteiger partial charge on any atom is -0.384 e. The zero-order chi connectivity index (χ0) is 13.4. The summed E-state index contributed by atoms with van der Waals surface area (Å²) in [6, 6.07) is 5.68. The average molecular weight is 366 g/mol. The molecule has 96 valence electrons. The van der Waals surface area contributed by atoms with Gasteiger partial charge in [-0.05, 0) is 42.7 Å². The predicted molar refractivity (Wildman–Crippen MR) is 82.0 cm³/mol. The highest BCUT2D eigenvalue weighted by atomic mass is 79.9. The predicted octanol–water partition coefficient (Wildman–Crippen LogP) is 5.52. The molecule has 0 aliphatic heterocycles. The summed E-state index contributed by atoms with van der Waals surface area (Å²) in [7, 11) is 0. The average Bonchev–Trinajstić information content (AvgIpc) is 2.62. The Morgan fingerprint density at radius 3 is 2.33 bits per heavy atom. The highest BCUT2D eigenvalue weighted by Crippen LogP contribution is 2.38. The van der Waals surface area contributed by atoms with Crippen molar-refractivity contribution < 1.29 is 5.11 Å². The summed E-state index contributed by atoms with van der Waals surface area (Å²) in [5.74, 6) is 0. The minimum atomic E-state index is -0.743. The quantitative estimate of drug-likeness (QED) is 0.743. The van der Waals surface area contributed by atoms with Crippen molar-refractivity contribution >= 4 is 50.5 Å². The molecule has 1 unspecified atom stereocenters. The molecule has 2 aromatic rings. The Balaban J connectivity index is 2.49. The Bertz CT molecular complexity index is 595. The second kappa shape index (κ2) is 5.51. The summed E-state index contributed by atoms with van der Waals surface area (Å²) < 4.78 is 2.15. The minimum absolute atomic E-state index is 0.535. The van der Waals surface area contributed by atoms with E-state index in [1.54, 1.807) is 6.07 Å². The van der Waals surface area contributed by atoms with Gasteiger partial charge in [-0.2, -0.15) is 0 Å². The first-order valence-electron chi connectivity index (χ1n) is 5.29. The maximum absolute atomic E-state index is 10.4. The van der Waals surface area contributed by atoms with Crippen molar-refractivity contribution in [3.05, 3.63) is 53.6 Å². The molecule has 2 rings (SSSR count). The molecule has 0 amide bonds. The van der Waals surface area contributed by atoms with Crippen LogP contribution in [0.25, 0.3) is 0 Å². The Kier molecular flexibility index (Phi) is 4.40. The van der Waals surface area contributed by atoms with E-state index in [1.807, 2.05) is 26.0 Å². The van der Waals surface area contributed by atoms with E-state index in [0.717, 1.165) is 21.2 Å². The van der Waals surface area contributed by atoms with E-state index in [-0.39, 0.29) is 0 Å². The van der Waals surface area contributed by atoms with E-state index in [2.05, 4.69) is 15.9 Å². The monoisotopic (exact) mass is 364 g/mol. The van der Waals surface area contributed by atoms with E-state index in [0.29, 0.717) is 14.2 Å². The van der Waals surface area contributed by atoms with Crippen LogP contribution in [0.1, 0.15) is 28.4 Å². The van der Waals surface area contributed by atoms with Gasteiger partial charge in [-0.1, -0.05) is 45.2 Å². The van der Waals surface area contributed by atoms with Crippen molar-refractivity contribution in [2.24, 2.45) is 0 Å². The van der Waals surface area contributed by atoms with Crippen LogP contribution in [0.2, 0.25) is 8.67 Å². The number of aryl methyl sites for hydroxylation is 2. The summed E-state index contributed by atoms with van der Waals surface area (Å²) >= 11 is 16.7. The third kappa shape index (κ3) is 2.75. The topological polar surface area (TPSA) is 20.2 Å². The normalized spacial score (nSPS) is 12.8. The first-order valence-corrected chi connectivity index (χ1v) is 7.66. The smallest absolute Gasteiger partial charge is 0.107 e. The standard InChI is InChI=1S/C13H11BrCl2OS/c1-6-4-10(14)7(2)3-8(6)12(17)9-5-11(15)18-13(9)16/h3-5,12,17H,1-2H3. The molecule has 0 radical (unpaired) electrons. The zero-order valence-corrected chi connectivity index (χ0v) is 13.7. The maximum Gasteiger partial charge on any atom is 0.107 e. The first-order chi connectivity index (χ1) is 8.40. The lowest BCUT2D eigenvalue weighted by atomic mass is 9.97. The fraction of sp³-hybridized carbons (Fsp3) is 0.231. The molecule has 1 aromatic carbocycles. The third-order valence-electron chi connectivity index (χ3n) is 2.82. The first kappa shape index (κ1) is 14.4. The van der Waals surface area contributed by atoms with Crippen LogP contribution in [0.5, 0.6) is 0 Å². The molecule has 0 saturated carbocycles. The van der Waals surface area contributed by atoms with Crippen LogP contribution in [0.4, 0.5) is 0 Å². The van der Waals surface area contributed by atoms with E-state index in [1.165, 1.54) is 11.3 Å². The summed E-state index contributed by atoms with van der Waals surface area (Å²) in [5, 5.41) is 10.4. The number of rotatable bonds is 2. The van der Waals surface area contributed by atoms with Gasteiger partial charge in [-0.3, -0.25) is 0 Å². The van der Waals surface area contributed by atoms with Crippen molar-refractivity contribution in [1.82, 2.24) is 0 Å². The molecule has 0 bridgehead atoms. The molecule has 1 aromatic heterocycles. The summed E-state index contributed by atoms with van der Waals surface area (Å²) in [4.78, 5) is 0. The van der Waals surface area contributed by atoms with Crippen molar-refractivity contribution in [3.63, 3.8) is 0 Å². The molecular formula is C13H11BrCl2OS. The fourth-order valence-corrected chi connectivity index (χ4v) is 3.78. The van der Waals surface area contributed by atoms with Gasteiger partial charge in [-0.25, -0.2) is 0 Å². The maximum atomic E-state index is 10.4. The van der Waals surface area contributed by atoms with Crippen LogP contribution in [-0.2, 0) is 0 Å². The molecule has 1 atom stereocenters. The Labute approximate surface area is 128 Å². The SMILES string of the molecule is Cc1cc(C(O)c2cc(Cl)sc2Cl)c(C)cc1Br. The number of aliphatic hydroxyl groups is 1. The van der Waals surface area contributed by atoms with Crippen LogP contribution in [0.3, 0.4) is 0 Å². The van der Waals surface area contributed by atoms with E-state index < -0.39 is 6.10 Å². The van der Waals surface area contributed by atoms with E-state index in [4.69, 9.17) is 23.2 Å². The van der Waals surface area contributed by atoms with Gasteiger partial charge in [0, 0.05) is 10.0 Å². The van der Waals surface area contributed by atoms with Crippen LogP contribution < -0.4 is 0 Å². The van der Waals surface area contributed by atoms with Gasteiger partial charge in [0.05, 0.1) is 4.34 Å². The highest BCUT2D eigenvalue weighted by molar-refractivity contribution is 9.10. The van der Waals surface area contributed by atoms with Gasteiger partial charge in [-0.15, -0.1) is 11.3 Å². The fourth-order valence-electron chi connectivity index (χ4n) is 1.80. The third-order valence-corrected chi connectivity index (χ3v) is 5.19. The van der Waals surface area contributed by atoms with Crippen molar-refractivity contribution in [2.75, 3.05) is 0 Å². The van der Waals surface area contributed by atoms with Crippen molar-refractivity contribution in [1.29, 1.82) is 0 Å². The summed E-state index contributed by atoms with van der Waals surface area (Å²) in [6.07, 6.45) is -0.743. The Morgan fingerprint density at radius 2 is 1.78 bits per heavy atom. The van der Waals surface area contributed by atoms with Crippen LogP contribution in [0, 0.1) is 13.8 Å². The molecule has 0 spiro atoms. The lowest BCUT2D eigenvalue weighted by Crippen LogP contribution is -2.02. The zero-order valence-electron chi connectivity index (χ0n) is 9.80. The van der Waals surface area contributed by atoms with Gasteiger partial charge < -0.3 is 5.11 Å². The number of halogens is 3. The molecule has 0 aliphatic rings. The second-order valence-electron chi connectivity index (χ2n) is 4.14. The van der Waals surface area contributed by atoms with Gasteiger partial charge in [0.2, 0.25) is 0 Å². The van der Waals surface area contributed by atoms with Crippen molar-refractivity contribution in [3.8, 4) is 0 Å². The highest BCUT2D eigenvalue weighted by Gasteiger charge is 2.19. The molecular weight excluding hydrogens is 355 g/mol. The Hall–Kier alpha value is -0.0600. The van der Waals surface area contributed by atoms with E-state index in [9.17, 15) is 5.11 Å². The summed E-state index contributed by atoms with van der Waals surface area (Å²) in [6.45, 7) is 3.95. The lowest BCUT2D eigenvalue weighted by Gasteiger charge is -2.15. The second-order valence-corrected chi connectivity index (χ2v) is 7.28. The molecule has 0 saturated heterocycles. The summed E-state index contributed by atoms with van der Waals surface area (Å²) in [5.41, 5.74) is 3.61. The van der Waals surface area contributed by atoms with Gasteiger partial charge in [0.1, 0.15) is 10.4 Å². The van der Waals surface area contributed by atoms with Gasteiger partial charge in [0.25, 0.3) is 0 Å². The van der Waals surface area contributed by atoms with Gasteiger partial charge >= 0.3 is 0 Å². The number of hydrogen-bond acceptors (Lipinski definition) is 2. The van der Waals surface area contributed by atoms with E-state index >= 15 is 0 Å². The molecule has 1 N–H and O–H groups in total. The molecule has 0 aliphatic carbocycles. The van der Waals surface area contributed by atoms with Crippen LogP contribution >= 0.6 is 50.5 Å². The largest absolute Gasteiger partial charge is 0.384 e. The molecule has 18 heavy (non-hydrogen) atoms. The number of aliphatic hydroxyl groups excluding tert-OH is 1. The van der Waals surface area contributed by atoms with Gasteiger partial charge in [0.15, 0.2) is 0 Å². The van der Waals surface area contributed by atoms with Crippen LogP contribution in [0.15, 0.2) is 22.7 Å².